The topological polar surface area (TPSA) is 38.8 Å². The monoisotopic (exact) mass is 237 g/mol. The molecule has 0 radical (unpaired) electrons. The molecule has 4 heteroatoms. The first-order valence-corrected chi connectivity index (χ1v) is 5.52. The molecule has 0 saturated heterocycles. The van der Waals surface area contributed by atoms with Gasteiger partial charge in [0.15, 0.2) is 0 Å². The lowest BCUT2D eigenvalue weighted by Gasteiger charge is -2.17. The molecule has 0 atom stereocenters. The van der Waals surface area contributed by atoms with Crippen LogP contribution in [0.4, 0.5) is 0 Å². The van der Waals surface area contributed by atoms with Crippen LogP contribution in [0.2, 0.25) is 0 Å². The largest absolute Gasteiger partial charge is 0.465 e. The first-order valence-electron chi connectivity index (χ1n) is 5.52. The van der Waals surface area contributed by atoms with Crippen molar-refractivity contribution in [2.24, 2.45) is 0 Å². The average Bonchev–Trinajstić information content (AvgIpc) is 2.36. The van der Waals surface area contributed by atoms with E-state index in [0.717, 1.165) is 12.1 Å². The summed E-state index contributed by atoms with van der Waals surface area (Å²) in [6, 6.07) is 7.48. The van der Waals surface area contributed by atoms with Crippen molar-refractivity contribution in [2.75, 3.05) is 34.4 Å². The van der Waals surface area contributed by atoms with E-state index in [1.165, 1.54) is 7.11 Å². The molecule has 4 nitrogen and oxygen atoms in total. The molecule has 0 spiro atoms. The summed E-state index contributed by atoms with van der Waals surface area (Å²) in [6.07, 6.45) is 0. The molecular weight excluding hydrogens is 218 g/mol. The number of rotatable bonds is 6. The Kier molecular flexibility index (Phi) is 5.66. The van der Waals surface area contributed by atoms with Crippen LogP contribution in [0.15, 0.2) is 24.3 Å². The van der Waals surface area contributed by atoms with E-state index in [9.17, 15) is 4.79 Å². The summed E-state index contributed by atoms with van der Waals surface area (Å²) in [5, 5.41) is 0. The lowest BCUT2D eigenvalue weighted by atomic mass is 10.1. The predicted octanol–water partition coefficient (Wildman–Crippen LogP) is 1.55. The molecule has 1 aromatic rings. The number of hydrogen-bond acceptors (Lipinski definition) is 4. The molecular formula is C13H19NO3. The first kappa shape index (κ1) is 13.7. The van der Waals surface area contributed by atoms with E-state index in [-0.39, 0.29) is 5.97 Å². The minimum atomic E-state index is -0.291. The summed E-state index contributed by atoms with van der Waals surface area (Å²) >= 11 is 0. The third kappa shape index (κ3) is 4.17. The lowest BCUT2D eigenvalue weighted by molar-refractivity contribution is 0.0598. The van der Waals surface area contributed by atoms with Gasteiger partial charge < -0.3 is 9.47 Å². The fourth-order valence-electron chi connectivity index (χ4n) is 1.58. The van der Waals surface area contributed by atoms with Crippen LogP contribution < -0.4 is 0 Å². The SMILES string of the molecule is COCCN(C)Cc1ccccc1C(=O)OC. The molecule has 1 aromatic carbocycles. The summed E-state index contributed by atoms with van der Waals surface area (Å²) in [5.74, 6) is -0.291. The molecule has 17 heavy (non-hydrogen) atoms. The van der Waals surface area contributed by atoms with Crippen molar-refractivity contribution in [1.82, 2.24) is 4.90 Å². The van der Waals surface area contributed by atoms with Gasteiger partial charge in [0, 0.05) is 20.2 Å². The van der Waals surface area contributed by atoms with Crippen molar-refractivity contribution < 1.29 is 14.3 Å². The molecule has 0 N–H and O–H groups in total. The summed E-state index contributed by atoms with van der Waals surface area (Å²) < 4.78 is 9.77. The zero-order valence-electron chi connectivity index (χ0n) is 10.6. The second-order valence-corrected chi connectivity index (χ2v) is 3.88. The summed E-state index contributed by atoms with van der Waals surface area (Å²) in [7, 11) is 5.07. The maximum Gasteiger partial charge on any atom is 0.338 e. The zero-order chi connectivity index (χ0) is 12.7. The average molecular weight is 237 g/mol. The number of methoxy groups -OCH3 is 2. The first-order chi connectivity index (χ1) is 8.19. The van der Waals surface area contributed by atoms with Crippen LogP contribution in [0.25, 0.3) is 0 Å². The molecule has 1 rings (SSSR count). The molecule has 0 aliphatic heterocycles. The molecule has 0 unspecified atom stereocenters. The van der Waals surface area contributed by atoms with Crippen LogP contribution in [0, 0.1) is 0 Å². The van der Waals surface area contributed by atoms with Crippen LogP contribution in [0.1, 0.15) is 15.9 Å². The third-order valence-corrected chi connectivity index (χ3v) is 2.54. The van der Waals surface area contributed by atoms with Crippen molar-refractivity contribution in [3.63, 3.8) is 0 Å². The standard InChI is InChI=1S/C13H19NO3/c1-14(8-9-16-2)10-11-6-4-5-7-12(11)13(15)17-3/h4-7H,8-10H2,1-3H3. The minimum absolute atomic E-state index is 0.291. The van der Waals surface area contributed by atoms with Crippen LogP contribution in [-0.2, 0) is 16.0 Å². The number of nitrogens with zero attached hydrogens (tertiary/aromatic N) is 1. The number of carbonyl (C=O) groups excluding carboxylic acids is 1. The van der Waals surface area contributed by atoms with Gasteiger partial charge in [-0.25, -0.2) is 4.79 Å². The Balaban J connectivity index is 2.73. The fraction of sp³-hybridized carbons (Fsp3) is 0.462. The van der Waals surface area contributed by atoms with Crippen LogP contribution in [-0.4, -0.2) is 45.3 Å². The number of likely N-dealkylation sites (N-methyl/N-ethyl adjacent to an activating group) is 1. The van der Waals surface area contributed by atoms with E-state index >= 15 is 0 Å². The van der Waals surface area contributed by atoms with Gasteiger partial charge in [-0.05, 0) is 18.7 Å². The van der Waals surface area contributed by atoms with Gasteiger partial charge in [0.1, 0.15) is 0 Å². The Morgan fingerprint density at radius 1 is 1.29 bits per heavy atom. The summed E-state index contributed by atoms with van der Waals surface area (Å²) in [5.41, 5.74) is 1.59. The number of carbonyl (C=O) groups is 1. The maximum absolute atomic E-state index is 11.6. The Morgan fingerprint density at radius 2 is 2.00 bits per heavy atom. The van der Waals surface area contributed by atoms with Crippen molar-refractivity contribution in [3.05, 3.63) is 35.4 Å². The molecule has 94 valence electrons. The molecule has 0 saturated carbocycles. The van der Waals surface area contributed by atoms with Crippen LogP contribution in [0.3, 0.4) is 0 Å². The molecule has 0 fully saturated rings. The molecule has 0 amide bonds. The van der Waals surface area contributed by atoms with Crippen LogP contribution >= 0.6 is 0 Å². The Labute approximate surface area is 102 Å². The van der Waals surface area contributed by atoms with Gasteiger partial charge in [-0.2, -0.15) is 0 Å². The van der Waals surface area contributed by atoms with E-state index in [4.69, 9.17) is 9.47 Å². The fourth-order valence-corrected chi connectivity index (χ4v) is 1.58. The van der Waals surface area contributed by atoms with E-state index in [0.29, 0.717) is 18.7 Å². The second-order valence-electron chi connectivity index (χ2n) is 3.88. The predicted molar refractivity (Wildman–Crippen MR) is 66.0 cm³/mol. The molecule has 0 aliphatic carbocycles. The van der Waals surface area contributed by atoms with Gasteiger partial charge in [0.05, 0.1) is 19.3 Å². The molecule has 0 bridgehead atoms. The highest BCUT2D eigenvalue weighted by Crippen LogP contribution is 2.12. The number of benzene rings is 1. The highest BCUT2D eigenvalue weighted by atomic mass is 16.5. The van der Waals surface area contributed by atoms with Gasteiger partial charge in [0.25, 0.3) is 0 Å². The Morgan fingerprint density at radius 3 is 2.65 bits per heavy atom. The van der Waals surface area contributed by atoms with Gasteiger partial charge in [-0.1, -0.05) is 18.2 Å². The maximum atomic E-state index is 11.6. The quantitative estimate of drug-likeness (QED) is 0.704. The van der Waals surface area contributed by atoms with E-state index in [1.807, 2.05) is 25.2 Å². The number of ether oxygens (including phenoxy) is 2. The third-order valence-electron chi connectivity index (χ3n) is 2.54. The van der Waals surface area contributed by atoms with Crippen molar-refractivity contribution >= 4 is 5.97 Å². The highest BCUT2D eigenvalue weighted by Gasteiger charge is 2.11. The second kappa shape index (κ2) is 7.04. The van der Waals surface area contributed by atoms with E-state index in [1.54, 1.807) is 13.2 Å². The Bertz CT molecular complexity index is 365. The van der Waals surface area contributed by atoms with Gasteiger partial charge >= 0.3 is 5.97 Å². The molecule has 0 aromatic heterocycles. The van der Waals surface area contributed by atoms with Gasteiger partial charge in [-0.15, -0.1) is 0 Å². The minimum Gasteiger partial charge on any atom is -0.465 e. The van der Waals surface area contributed by atoms with Gasteiger partial charge in [-0.3, -0.25) is 4.90 Å². The smallest absolute Gasteiger partial charge is 0.338 e. The highest BCUT2D eigenvalue weighted by molar-refractivity contribution is 5.90. The van der Waals surface area contributed by atoms with Crippen molar-refractivity contribution in [3.8, 4) is 0 Å². The van der Waals surface area contributed by atoms with E-state index < -0.39 is 0 Å². The van der Waals surface area contributed by atoms with Crippen LogP contribution in [0.5, 0.6) is 0 Å². The van der Waals surface area contributed by atoms with Gasteiger partial charge in [0.2, 0.25) is 0 Å². The van der Waals surface area contributed by atoms with Crippen molar-refractivity contribution in [1.29, 1.82) is 0 Å². The summed E-state index contributed by atoms with van der Waals surface area (Å²) in [6.45, 7) is 2.21. The van der Waals surface area contributed by atoms with Crippen molar-refractivity contribution in [2.45, 2.75) is 6.54 Å². The Hall–Kier alpha value is -1.39. The number of esters is 1. The lowest BCUT2D eigenvalue weighted by Crippen LogP contribution is -2.23. The summed E-state index contributed by atoms with van der Waals surface area (Å²) in [4.78, 5) is 13.7. The zero-order valence-corrected chi connectivity index (χ0v) is 10.6. The van der Waals surface area contributed by atoms with E-state index in [2.05, 4.69) is 4.90 Å². The normalized spacial score (nSPS) is 10.6. The number of hydrogen-bond donors (Lipinski definition) is 0. The molecule has 0 heterocycles. The molecule has 0 aliphatic rings.